The molecule has 0 aliphatic carbocycles. The molecule has 0 unspecified atom stereocenters. The summed E-state index contributed by atoms with van der Waals surface area (Å²) in [6, 6.07) is 1.60. The first kappa shape index (κ1) is 17.1. The van der Waals surface area contributed by atoms with Gasteiger partial charge in [-0.1, -0.05) is 11.7 Å². The molecule has 0 amide bonds. The van der Waals surface area contributed by atoms with Crippen molar-refractivity contribution in [1.82, 2.24) is 0 Å². The standard InChI is InChI=1S/C11H9NO9S2/c1-5-9(12-21-11(5)13)6-3-7(22(14,15)16)10(20-2)8(4-6)23(17,18)19/h3-4H,1H2,2H3,(H,14,15,16)(H,17,18,19). The minimum Gasteiger partial charge on any atom is -0.494 e. The van der Waals surface area contributed by atoms with Crippen LogP contribution in [0.2, 0.25) is 0 Å². The molecule has 0 spiro atoms. The fourth-order valence-electron chi connectivity index (χ4n) is 1.82. The van der Waals surface area contributed by atoms with Crippen molar-refractivity contribution in [3.05, 3.63) is 29.8 Å². The topological polar surface area (TPSA) is 157 Å². The summed E-state index contributed by atoms with van der Waals surface area (Å²) in [4.78, 5) is 13.7. The van der Waals surface area contributed by atoms with Gasteiger partial charge in [0, 0.05) is 5.56 Å². The van der Waals surface area contributed by atoms with Crippen LogP contribution in [0.3, 0.4) is 0 Å². The van der Waals surface area contributed by atoms with Crippen LogP contribution in [0.25, 0.3) is 0 Å². The average molecular weight is 363 g/mol. The zero-order valence-electron chi connectivity index (χ0n) is 11.4. The van der Waals surface area contributed by atoms with E-state index in [9.17, 15) is 30.7 Å². The first-order valence-corrected chi connectivity index (χ1v) is 8.51. The number of carbonyl (C=O) groups is 1. The lowest BCUT2D eigenvalue weighted by Crippen LogP contribution is -2.12. The highest BCUT2D eigenvalue weighted by molar-refractivity contribution is 7.86. The maximum atomic E-state index is 11.4. The highest BCUT2D eigenvalue weighted by Crippen LogP contribution is 2.34. The largest absolute Gasteiger partial charge is 0.494 e. The summed E-state index contributed by atoms with van der Waals surface area (Å²) < 4.78 is 68.9. The molecule has 10 nitrogen and oxygen atoms in total. The molecule has 1 heterocycles. The van der Waals surface area contributed by atoms with E-state index >= 15 is 0 Å². The van der Waals surface area contributed by atoms with Gasteiger partial charge in [0.2, 0.25) is 0 Å². The van der Waals surface area contributed by atoms with E-state index in [1.165, 1.54) is 0 Å². The van der Waals surface area contributed by atoms with Crippen molar-refractivity contribution in [2.75, 3.05) is 7.11 Å². The first-order chi connectivity index (χ1) is 10.5. The van der Waals surface area contributed by atoms with Gasteiger partial charge in [-0.2, -0.15) is 16.8 Å². The summed E-state index contributed by atoms with van der Waals surface area (Å²) in [5.41, 5.74) is -0.771. The number of hydrogen-bond acceptors (Lipinski definition) is 8. The average Bonchev–Trinajstić information content (AvgIpc) is 2.75. The third-order valence-corrected chi connectivity index (χ3v) is 4.52. The van der Waals surface area contributed by atoms with Gasteiger partial charge in [0.15, 0.2) is 5.75 Å². The minimum absolute atomic E-state index is 0.248. The SMILES string of the molecule is C=C1C(=O)ON=C1c1cc(S(=O)(=O)O)c(OC)c(S(=O)(=O)O)c1. The van der Waals surface area contributed by atoms with E-state index in [0.29, 0.717) is 0 Å². The van der Waals surface area contributed by atoms with Crippen molar-refractivity contribution < 1.29 is 40.3 Å². The van der Waals surface area contributed by atoms with Crippen molar-refractivity contribution in [3.63, 3.8) is 0 Å². The second-order valence-corrected chi connectivity index (χ2v) is 7.03. The van der Waals surface area contributed by atoms with Crippen molar-refractivity contribution in [2.24, 2.45) is 5.16 Å². The van der Waals surface area contributed by atoms with Crippen molar-refractivity contribution in [1.29, 1.82) is 0 Å². The molecule has 0 saturated carbocycles. The van der Waals surface area contributed by atoms with Crippen LogP contribution in [0, 0.1) is 0 Å². The molecule has 2 rings (SSSR count). The van der Waals surface area contributed by atoms with Gasteiger partial charge in [0.25, 0.3) is 20.2 Å². The molecule has 1 aromatic rings. The second-order valence-electron chi connectivity index (χ2n) is 4.25. The lowest BCUT2D eigenvalue weighted by Gasteiger charge is -2.12. The summed E-state index contributed by atoms with van der Waals surface area (Å²) >= 11 is 0. The fourth-order valence-corrected chi connectivity index (χ4v) is 3.29. The summed E-state index contributed by atoms with van der Waals surface area (Å²) in [5.74, 6) is -1.71. The van der Waals surface area contributed by atoms with E-state index in [0.717, 1.165) is 19.2 Å². The molecule has 23 heavy (non-hydrogen) atoms. The first-order valence-electron chi connectivity index (χ1n) is 5.63. The van der Waals surface area contributed by atoms with Gasteiger partial charge in [0.1, 0.15) is 15.5 Å². The molecule has 0 saturated heterocycles. The molecule has 0 atom stereocenters. The Morgan fingerprint density at radius 3 is 1.91 bits per heavy atom. The van der Waals surface area contributed by atoms with Crippen LogP contribution in [0.5, 0.6) is 5.75 Å². The van der Waals surface area contributed by atoms with E-state index in [1.54, 1.807) is 0 Å². The number of methoxy groups -OCH3 is 1. The molecule has 124 valence electrons. The Morgan fingerprint density at radius 2 is 1.61 bits per heavy atom. The number of oxime groups is 1. The van der Waals surface area contributed by atoms with Gasteiger partial charge in [-0.15, -0.1) is 0 Å². The van der Waals surface area contributed by atoms with Crippen LogP contribution in [-0.2, 0) is 29.9 Å². The highest BCUT2D eigenvalue weighted by Gasteiger charge is 2.31. The zero-order chi connectivity index (χ0) is 17.6. The Labute approximate surface area is 130 Å². The zero-order valence-corrected chi connectivity index (χ0v) is 13.0. The van der Waals surface area contributed by atoms with E-state index in [2.05, 4.69) is 21.3 Å². The third kappa shape index (κ3) is 3.10. The molecule has 0 fully saturated rings. The molecular weight excluding hydrogens is 354 g/mol. The van der Waals surface area contributed by atoms with Crippen LogP contribution in [0.1, 0.15) is 5.56 Å². The smallest absolute Gasteiger partial charge is 0.367 e. The summed E-state index contributed by atoms with van der Waals surface area (Å²) in [6.45, 7) is 3.36. The Morgan fingerprint density at radius 1 is 1.13 bits per heavy atom. The third-order valence-electron chi connectivity index (χ3n) is 2.81. The molecule has 0 aromatic heterocycles. The Kier molecular flexibility index (Phi) is 4.02. The van der Waals surface area contributed by atoms with E-state index in [1.807, 2.05) is 0 Å². The van der Waals surface area contributed by atoms with Gasteiger partial charge >= 0.3 is 5.97 Å². The van der Waals surface area contributed by atoms with Crippen LogP contribution in [0.15, 0.2) is 39.2 Å². The second kappa shape index (κ2) is 5.42. The molecule has 1 aliphatic heterocycles. The van der Waals surface area contributed by atoms with Crippen LogP contribution >= 0.6 is 0 Å². The summed E-state index contributed by atoms with van der Waals surface area (Å²) in [6.07, 6.45) is 0. The van der Waals surface area contributed by atoms with Crippen molar-refractivity contribution >= 4 is 31.9 Å². The van der Waals surface area contributed by atoms with E-state index in [-0.39, 0.29) is 16.8 Å². The highest BCUT2D eigenvalue weighted by atomic mass is 32.2. The molecule has 0 bridgehead atoms. The van der Waals surface area contributed by atoms with Gasteiger partial charge in [-0.3, -0.25) is 9.11 Å². The Balaban J connectivity index is 2.87. The predicted octanol–water partition coefficient (Wildman–Crippen LogP) is 0.00570. The van der Waals surface area contributed by atoms with Gasteiger partial charge in [-0.25, -0.2) is 4.79 Å². The minimum atomic E-state index is -4.92. The fraction of sp³-hybridized carbons (Fsp3) is 0.0909. The lowest BCUT2D eigenvalue weighted by molar-refractivity contribution is -0.136. The number of carbonyl (C=O) groups excluding carboxylic acids is 1. The summed E-state index contributed by atoms with van der Waals surface area (Å²) in [5, 5.41) is 3.34. The number of nitrogens with zero attached hydrogens (tertiary/aromatic N) is 1. The normalized spacial score (nSPS) is 15.3. The van der Waals surface area contributed by atoms with Gasteiger partial charge in [0.05, 0.1) is 12.7 Å². The maximum absolute atomic E-state index is 11.4. The quantitative estimate of drug-likeness (QED) is 0.427. The molecule has 0 radical (unpaired) electrons. The number of benzene rings is 1. The van der Waals surface area contributed by atoms with Crippen molar-refractivity contribution in [3.8, 4) is 5.75 Å². The Bertz CT molecular complexity index is 904. The van der Waals surface area contributed by atoms with E-state index in [4.69, 9.17) is 0 Å². The number of ether oxygens (including phenoxy) is 1. The molecular formula is C11H9NO9S2. The lowest BCUT2D eigenvalue weighted by atomic mass is 10.0. The predicted molar refractivity (Wildman–Crippen MR) is 74.4 cm³/mol. The van der Waals surface area contributed by atoms with E-state index < -0.39 is 41.7 Å². The van der Waals surface area contributed by atoms with Crippen molar-refractivity contribution in [2.45, 2.75) is 9.79 Å². The molecule has 12 heteroatoms. The van der Waals surface area contributed by atoms with Gasteiger partial charge in [-0.05, 0) is 12.1 Å². The molecule has 2 N–H and O–H groups in total. The molecule has 1 aliphatic rings. The summed E-state index contributed by atoms with van der Waals surface area (Å²) in [7, 11) is -8.90. The van der Waals surface area contributed by atoms with Gasteiger partial charge < -0.3 is 9.57 Å². The molecule has 1 aromatic carbocycles. The number of rotatable bonds is 4. The van der Waals surface area contributed by atoms with Crippen LogP contribution in [-0.4, -0.2) is 44.7 Å². The van der Waals surface area contributed by atoms with Crippen LogP contribution < -0.4 is 4.74 Å². The maximum Gasteiger partial charge on any atom is 0.367 e. The number of hydrogen-bond donors (Lipinski definition) is 2. The van der Waals surface area contributed by atoms with Crippen LogP contribution in [0.4, 0.5) is 0 Å². The Hall–Kier alpha value is -2.28. The monoisotopic (exact) mass is 363 g/mol.